The van der Waals surface area contributed by atoms with Crippen molar-refractivity contribution in [2.45, 2.75) is 18.5 Å². The Balaban J connectivity index is 1.45. The van der Waals surface area contributed by atoms with Gasteiger partial charge in [-0.3, -0.25) is 9.78 Å². The predicted molar refractivity (Wildman–Crippen MR) is 139 cm³/mol. The fourth-order valence-electron chi connectivity index (χ4n) is 4.42. The van der Waals surface area contributed by atoms with Gasteiger partial charge in [-0.25, -0.2) is 0 Å². The minimum atomic E-state index is -0.189. The lowest BCUT2D eigenvalue weighted by atomic mass is 10.0. The molecular weight excluding hydrogens is 458 g/mol. The molecule has 7 nitrogen and oxygen atoms in total. The molecule has 35 heavy (non-hydrogen) atoms. The molecular formula is C27H25N5O2S. The van der Waals surface area contributed by atoms with E-state index in [1.807, 2.05) is 72.9 Å². The molecule has 1 fully saturated rings. The Labute approximate surface area is 209 Å². The number of thiocarbonyl (C=S) groups is 1. The molecule has 8 heteroatoms. The number of para-hydroxylation sites is 1. The van der Waals surface area contributed by atoms with Crippen molar-refractivity contribution in [3.05, 3.63) is 109 Å². The third kappa shape index (κ3) is 4.88. The molecule has 5 rings (SSSR count). The van der Waals surface area contributed by atoms with Crippen LogP contribution in [0.5, 0.6) is 5.75 Å². The Bertz CT molecular complexity index is 1310. The van der Waals surface area contributed by atoms with Crippen LogP contribution in [-0.4, -0.2) is 37.1 Å². The fraction of sp³-hybridized carbons (Fsp3) is 0.148. The zero-order chi connectivity index (χ0) is 24.2. The molecule has 1 aliphatic rings. The van der Waals surface area contributed by atoms with Crippen LogP contribution in [0, 0.1) is 0 Å². The first-order valence-electron chi connectivity index (χ1n) is 11.4. The highest BCUT2D eigenvalue weighted by molar-refractivity contribution is 7.80. The topological polar surface area (TPSA) is 82.4 Å². The summed E-state index contributed by atoms with van der Waals surface area (Å²) in [5, 5.41) is 16.7. The number of carbonyl (C=O) groups is 1. The number of nitrogens with zero attached hydrogens (tertiary/aromatic N) is 3. The van der Waals surface area contributed by atoms with Crippen molar-refractivity contribution in [1.82, 2.24) is 19.8 Å². The summed E-state index contributed by atoms with van der Waals surface area (Å²) in [6.45, 7) is 0.444. The largest absolute Gasteiger partial charge is 0.508 e. The van der Waals surface area contributed by atoms with Gasteiger partial charge in [0.25, 0.3) is 0 Å². The van der Waals surface area contributed by atoms with E-state index in [-0.39, 0.29) is 30.2 Å². The van der Waals surface area contributed by atoms with E-state index >= 15 is 0 Å². The SMILES string of the molecule is O=C(CCN1C(=S)N[C@H](c2ccccn2)[C@@H]1c1cccn1-c1ccc(O)cc1)Nc1ccccc1. The van der Waals surface area contributed by atoms with Gasteiger partial charge in [-0.2, -0.15) is 0 Å². The zero-order valence-electron chi connectivity index (χ0n) is 18.9. The number of hydrogen-bond donors (Lipinski definition) is 3. The molecule has 0 spiro atoms. The van der Waals surface area contributed by atoms with Crippen LogP contribution in [0.25, 0.3) is 5.69 Å². The molecule has 1 saturated heterocycles. The lowest BCUT2D eigenvalue weighted by molar-refractivity contribution is -0.116. The van der Waals surface area contributed by atoms with Crippen LogP contribution >= 0.6 is 12.2 Å². The van der Waals surface area contributed by atoms with E-state index in [0.717, 1.165) is 22.8 Å². The maximum atomic E-state index is 12.7. The minimum Gasteiger partial charge on any atom is -0.508 e. The normalized spacial score (nSPS) is 17.3. The van der Waals surface area contributed by atoms with Gasteiger partial charge in [0.1, 0.15) is 5.75 Å². The minimum absolute atomic E-state index is 0.0760. The van der Waals surface area contributed by atoms with E-state index in [9.17, 15) is 9.90 Å². The molecule has 4 aromatic rings. The maximum absolute atomic E-state index is 12.7. The number of carbonyl (C=O) groups excluding carboxylic acids is 1. The molecule has 2 aromatic carbocycles. The Kier molecular flexibility index (Phi) is 6.45. The maximum Gasteiger partial charge on any atom is 0.226 e. The predicted octanol–water partition coefficient (Wildman–Crippen LogP) is 4.58. The molecule has 176 valence electrons. The number of aromatic nitrogens is 2. The molecule has 0 radical (unpaired) electrons. The number of phenolic OH excluding ortho intramolecular Hbond substituents is 1. The molecule has 1 amide bonds. The summed E-state index contributed by atoms with van der Waals surface area (Å²) in [6, 6.07) is 26.0. The van der Waals surface area contributed by atoms with Crippen LogP contribution in [0.3, 0.4) is 0 Å². The van der Waals surface area contributed by atoms with E-state index in [4.69, 9.17) is 12.2 Å². The second-order valence-electron chi connectivity index (χ2n) is 8.30. The van der Waals surface area contributed by atoms with Gasteiger partial charge in [0.05, 0.1) is 17.8 Å². The Morgan fingerprint density at radius 3 is 2.51 bits per heavy atom. The Hall–Kier alpha value is -4.17. The van der Waals surface area contributed by atoms with Gasteiger partial charge in [-0.05, 0) is 72.9 Å². The van der Waals surface area contributed by atoms with E-state index in [1.54, 1.807) is 18.3 Å². The number of rotatable bonds is 7. The number of pyridine rings is 1. The Morgan fingerprint density at radius 1 is 1.00 bits per heavy atom. The quantitative estimate of drug-likeness (QED) is 0.334. The molecule has 3 N–H and O–H groups in total. The highest BCUT2D eigenvalue weighted by Crippen LogP contribution is 2.39. The molecule has 1 aliphatic heterocycles. The number of benzene rings is 2. The number of aromatic hydroxyl groups is 1. The van der Waals surface area contributed by atoms with Gasteiger partial charge in [-0.1, -0.05) is 24.3 Å². The Morgan fingerprint density at radius 2 is 1.77 bits per heavy atom. The van der Waals surface area contributed by atoms with Crippen molar-refractivity contribution in [2.75, 3.05) is 11.9 Å². The van der Waals surface area contributed by atoms with Gasteiger partial charge in [0.2, 0.25) is 5.91 Å². The summed E-state index contributed by atoms with van der Waals surface area (Å²) in [6.07, 6.45) is 4.03. The van der Waals surface area contributed by atoms with Crippen LogP contribution in [0.1, 0.15) is 29.9 Å². The van der Waals surface area contributed by atoms with Crippen LogP contribution in [0.15, 0.2) is 97.3 Å². The molecule has 3 heterocycles. The van der Waals surface area contributed by atoms with Crippen molar-refractivity contribution in [3.63, 3.8) is 0 Å². The number of phenols is 1. The lowest BCUT2D eigenvalue weighted by Crippen LogP contribution is -2.33. The smallest absolute Gasteiger partial charge is 0.226 e. The first-order valence-corrected chi connectivity index (χ1v) is 11.8. The zero-order valence-corrected chi connectivity index (χ0v) is 19.7. The number of amides is 1. The fourth-order valence-corrected chi connectivity index (χ4v) is 4.75. The van der Waals surface area contributed by atoms with Crippen molar-refractivity contribution < 1.29 is 9.90 Å². The third-order valence-corrected chi connectivity index (χ3v) is 6.40. The van der Waals surface area contributed by atoms with Crippen LogP contribution < -0.4 is 10.6 Å². The summed E-state index contributed by atoms with van der Waals surface area (Å²) >= 11 is 5.74. The molecule has 2 atom stereocenters. The van der Waals surface area contributed by atoms with Crippen molar-refractivity contribution in [1.29, 1.82) is 0 Å². The molecule has 2 aromatic heterocycles. The number of hydrogen-bond acceptors (Lipinski definition) is 4. The average Bonchev–Trinajstić information content (AvgIpc) is 3.48. The second kappa shape index (κ2) is 9.99. The van der Waals surface area contributed by atoms with Crippen molar-refractivity contribution in [2.24, 2.45) is 0 Å². The van der Waals surface area contributed by atoms with E-state index in [0.29, 0.717) is 11.7 Å². The summed E-state index contributed by atoms with van der Waals surface area (Å²) in [5.41, 5.74) is 3.56. The van der Waals surface area contributed by atoms with Crippen molar-refractivity contribution in [3.8, 4) is 11.4 Å². The van der Waals surface area contributed by atoms with Gasteiger partial charge >= 0.3 is 0 Å². The second-order valence-corrected chi connectivity index (χ2v) is 8.69. The molecule has 0 saturated carbocycles. The number of nitrogens with one attached hydrogen (secondary N) is 2. The first-order chi connectivity index (χ1) is 17.1. The summed E-state index contributed by atoms with van der Waals surface area (Å²) in [5.74, 6) is 0.136. The molecule has 0 bridgehead atoms. The van der Waals surface area contributed by atoms with Crippen LogP contribution in [-0.2, 0) is 4.79 Å². The standard InChI is InChI=1S/C27H25N5O2S/c33-21-13-11-20(12-14-21)31-17-6-10-23(31)26-25(22-9-4-5-16-28-22)30-27(35)32(26)18-15-24(34)29-19-7-2-1-3-8-19/h1-14,16-17,25-26,33H,15,18H2,(H,29,34)(H,30,35)/t25-,26+/m1/s1. The summed E-state index contributed by atoms with van der Waals surface area (Å²) in [7, 11) is 0. The summed E-state index contributed by atoms with van der Waals surface area (Å²) in [4.78, 5) is 19.3. The van der Waals surface area contributed by atoms with Gasteiger partial charge in [0, 0.05) is 42.4 Å². The van der Waals surface area contributed by atoms with E-state index in [1.165, 1.54) is 0 Å². The molecule has 0 unspecified atom stereocenters. The summed E-state index contributed by atoms with van der Waals surface area (Å²) < 4.78 is 2.08. The highest BCUT2D eigenvalue weighted by atomic mass is 32.1. The van der Waals surface area contributed by atoms with Crippen molar-refractivity contribution >= 4 is 28.9 Å². The van der Waals surface area contributed by atoms with Gasteiger partial charge in [-0.15, -0.1) is 0 Å². The van der Waals surface area contributed by atoms with Gasteiger partial charge in [0.15, 0.2) is 5.11 Å². The van der Waals surface area contributed by atoms with Crippen LogP contribution in [0.2, 0.25) is 0 Å². The lowest BCUT2D eigenvalue weighted by Gasteiger charge is -2.28. The third-order valence-electron chi connectivity index (χ3n) is 6.05. The average molecular weight is 484 g/mol. The number of anilines is 1. The van der Waals surface area contributed by atoms with Crippen LogP contribution in [0.4, 0.5) is 5.69 Å². The first kappa shape index (κ1) is 22.6. The molecule has 0 aliphatic carbocycles. The van der Waals surface area contributed by atoms with E-state index < -0.39 is 0 Å². The highest BCUT2D eigenvalue weighted by Gasteiger charge is 2.41. The van der Waals surface area contributed by atoms with Gasteiger partial charge < -0.3 is 25.2 Å². The van der Waals surface area contributed by atoms with E-state index in [2.05, 4.69) is 31.2 Å². The monoisotopic (exact) mass is 483 g/mol.